The van der Waals surface area contributed by atoms with Gasteiger partial charge >= 0.3 is 5.97 Å². The van der Waals surface area contributed by atoms with Crippen LogP contribution in [0.5, 0.6) is 23.0 Å². The first-order chi connectivity index (χ1) is 29.4. The van der Waals surface area contributed by atoms with Crippen LogP contribution in [-0.4, -0.2) is 62.4 Å². The molecule has 0 amide bonds. The summed E-state index contributed by atoms with van der Waals surface area (Å²) in [4.78, 5) is 12.9. The molecule has 0 aromatic heterocycles. The van der Waals surface area contributed by atoms with Gasteiger partial charge in [0.2, 0.25) is 0 Å². The molecule has 6 rings (SSSR count). The average molecular weight is 805 g/mol. The molecule has 0 radical (unpaired) electrons. The van der Waals surface area contributed by atoms with Crippen molar-refractivity contribution in [1.82, 2.24) is 0 Å². The fourth-order valence-corrected chi connectivity index (χ4v) is 6.49. The van der Waals surface area contributed by atoms with Crippen LogP contribution >= 0.6 is 0 Å². The van der Waals surface area contributed by atoms with E-state index in [0.717, 1.165) is 86.7 Å². The monoisotopic (exact) mass is 804 g/mol. The Balaban J connectivity index is 0.938. The van der Waals surface area contributed by atoms with Gasteiger partial charge in [-0.25, -0.2) is 4.79 Å². The van der Waals surface area contributed by atoms with Gasteiger partial charge in [0.15, 0.2) is 0 Å². The molecule has 0 saturated heterocycles. The number of hydrogen-bond donors (Lipinski definition) is 2. The van der Waals surface area contributed by atoms with E-state index in [2.05, 4.69) is 41.9 Å². The minimum atomic E-state index is -0.437. The second-order valence-corrected chi connectivity index (χ2v) is 14.3. The van der Waals surface area contributed by atoms with Crippen molar-refractivity contribution in [3.05, 3.63) is 143 Å². The molecule has 0 spiro atoms. The third-order valence-electron chi connectivity index (χ3n) is 9.67. The number of esters is 1. The first kappa shape index (κ1) is 43.1. The number of unbranched alkanes of at least 4 members (excludes halogenated alkanes) is 3. The van der Waals surface area contributed by atoms with Gasteiger partial charge in [0, 0.05) is 48.3 Å². The van der Waals surface area contributed by atoms with Gasteiger partial charge in [-0.1, -0.05) is 47.9 Å². The lowest BCUT2D eigenvalue weighted by Gasteiger charge is -2.12. The number of aryl methyl sites for hydroxylation is 1. The van der Waals surface area contributed by atoms with E-state index in [1.54, 1.807) is 19.1 Å². The number of rotatable bonds is 19. The van der Waals surface area contributed by atoms with Crippen molar-refractivity contribution < 1.29 is 38.7 Å². The summed E-state index contributed by atoms with van der Waals surface area (Å²) in [6, 6.07) is 35.4. The molecular weight excluding hydrogens is 753 g/mol. The number of carbonyl (C=O) groups is 1. The van der Waals surface area contributed by atoms with Crippen molar-refractivity contribution >= 4 is 27.5 Å². The molecule has 6 aromatic rings. The van der Waals surface area contributed by atoms with Gasteiger partial charge in [-0.2, -0.15) is 0 Å². The van der Waals surface area contributed by atoms with Crippen LogP contribution < -0.4 is 18.9 Å². The van der Waals surface area contributed by atoms with E-state index in [-0.39, 0.29) is 19.8 Å². The van der Waals surface area contributed by atoms with Crippen molar-refractivity contribution in [3.8, 4) is 46.7 Å². The highest BCUT2D eigenvalue weighted by Crippen LogP contribution is 2.26. The Bertz CT molecular complexity index is 2500. The van der Waals surface area contributed by atoms with E-state index in [9.17, 15) is 4.79 Å². The molecule has 0 aliphatic carbocycles. The first-order valence-corrected chi connectivity index (χ1v) is 20.7. The van der Waals surface area contributed by atoms with Gasteiger partial charge in [-0.15, -0.1) is 0 Å². The molecule has 0 fully saturated rings. The SMILES string of the molecule is CCOC(=O)c1cc(C#Cc2ccc3cc(OCCCO)ccc3c2)ccc1OCCCCCCOc1ccc(C#Cc2ccc3cc(OCCCO)ccc3c2)cc1C. The second kappa shape index (κ2) is 22.6. The number of benzene rings is 6. The molecule has 6 aromatic carbocycles. The van der Waals surface area contributed by atoms with E-state index in [4.69, 9.17) is 33.9 Å². The molecule has 2 N–H and O–H groups in total. The zero-order valence-electron chi connectivity index (χ0n) is 34.4. The number of carbonyl (C=O) groups excluding carboxylic acids is 1. The maximum atomic E-state index is 12.9. The van der Waals surface area contributed by atoms with Crippen molar-refractivity contribution in [2.75, 3.05) is 46.2 Å². The quantitative estimate of drug-likeness (QED) is 0.0474. The van der Waals surface area contributed by atoms with Crippen LogP contribution in [0.4, 0.5) is 0 Å². The summed E-state index contributed by atoms with van der Waals surface area (Å²) < 4.78 is 28.9. The predicted octanol–water partition coefficient (Wildman–Crippen LogP) is 9.82. The number of fused-ring (bicyclic) bond motifs is 2. The van der Waals surface area contributed by atoms with Crippen molar-refractivity contribution in [2.45, 2.75) is 52.4 Å². The van der Waals surface area contributed by atoms with E-state index >= 15 is 0 Å². The van der Waals surface area contributed by atoms with Gasteiger partial charge in [0.1, 0.15) is 28.6 Å². The van der Waals surface area contributed by atoms with E-state index in [1.165, 1.54) is 0 Å². The molecule has 0 aliphatic rings. The molecule has 0 bridgehead atoms. The third-order valence-corrected chi connectivity index (χ3v) is 9.67. The summed E-state index contributed by atoms with van der Waals surface area (Å²) >= 11 is 0. The predicted molar refractivity (Wildman–Crippen MR) is 237 cm³/mol. The minimum absolute atomic E-state index is 0.101. The van der Waals surface area contributed by atoms with Crippen LogP contribution in [0.2, 0.25) is 0 Å². The molecule has 0 saturated carbocycles. The Hall–Kier alpha value is -6.45. The molecule has 0 unspecified atom stereocenters. The second-order valence-electron chi connectivity index (χ2n) is 14.3. The summed E-state index contributed by atoms with van der Waals surface area (Å²) in [5.74, 6) is 15.4. The smallest absolute Gasteiger partial charge is 0.341 e. The van der Waals surface area contributed by atoms with Gasteiger partial charge in [-0.3, -0.25) is 0 Å². The zero-order chi connectivity index (χ0) is 41.9. The van der Waals surface area contributed by atoms with E-state index < -0.39 is 5.97 Å². The Morgan fingerprint density at radius 2 is 0.917 bits per heavy atom. The third kappa shape index (κ3) is 12.8. The maximum Gasteiger partial charge on any atom is 0.341 e. The highest BCUT2D eigenvalue weighted by molar-refractivity contribution is 5.93. The standard InChI is InChI=1S/C52H52O8/c1-3-56-52(55)49-35-42(13-12-41-15-19-46-37-48(58-31-9-27-54)23-21-44(46)34-41)17-25-51(49)60-29-7-5-4-6-28-59-50-24-16-39(32-38(50)2)10-11-40-14-18-45-36-47(57-30-8-26-53)22-20-43(45)33-40/h14-25,32-37,53-54H,3-9,26-31H2,1-2H3. The van der Waals surface area contributed by atoms with Gasteiger partial charge in [0.05, 0.1) is 33.0 Å². The minimum Gasteiger partial charge on any atom is -0.493 e. The van der Waals surface area contributed by atoms with Gasteiger partial charge in [-0.05, 0) is 152 Å². The van der Waals surface area contributed by atoms with Crippen molar-refractivity contribution in [2.24, 2.45) is 0 Å². The summed E-state index contributed by atoms with van der Waals surface area (Å²) in [5.41, 5.74) is 4.82. The Labute approximate surface area is 353 Å². The summed E-state index contributed by atoms with van der Waals surface area (Å²) in [5, 5.41) is 22.2. The largest absolute Gasteiger partial charge is 0.493 e. The zero-order valence-corrected chi connectivity index (χ0v) is 34.4. The van der Waals surface area contributed by atoms with Gasteiger partial charge < -0.3 is 33.9 Å². The summed E-state index contributed by atoms with van der Waals surface area (Å²) in [7, 11) is 0. The van der Waals surface area contributed by atoms with E-state index in [0.29, 0.717) is 56.1 Å². The Morgan fingerprint density at radius 1 is 0.483 bits per heavy atom. The van der Waals surface area contributed by atoms with Crippen molar-refractivity contribution in [3.63, 3.8) is 0 Å². The Kier molecular flexibility index (Phi) is 16.3. The summed E-state index contributed by atoms with van der Waals surface area (Å²) in [6.45, 7) is 6.36. The highest BCUT2D eigenvalue weighted by Gasteiger charge is 2.15. The molecular formula is C52H52O8. The molecule has 60 heavy (non-hydrogen) atoms. The fourth-order valence-electron chi connectivity index (χ4n) is 6.49. The lowest BCUT2D eigenvalue weighted by atomic mass is 10.1. The maximum absolute atomic E-state index is 12.9. The lowest BCUT2D eigenvalue weighted by Crippen LogP contribution is -2.09. The number of aliphatic hydroxyl groups excluding tert-OH is 2. The number of hydrogen-bond acceptors (Lipinski definition) is 8. The topological polar surface area (TPSA) is 104 Å². The summed E-state index contributed by atoms with van der Waals surface area (Å²) in [6.07, 6.45) is 4.91. The molecule has 8 heteroatoms. The average Bonchev–Trinajstić information content (AvgIpc) is 3.26. The van der Waals surface area contributed by atoms with Crippen LogP contribution in [0.3, 0.4) is 0 Å². The first-order valence-electron chi connectivity index (χ1n) is 20.7. The molecule has 308 valence electrons. The fraction of sp³-hybridized carbons (Fsp3) is 0.288. The van der Waals surface area contributed by atoms with Crippen LogP contribution in [0.25, 0.3) is 21.5 Å². The van der Waals surface area contributed by atoms with Crippen LogP contribution in [0.15, 0.2) is 109 Å². The van der Waals surface area contributed by atoms with Gasteiger partial charge in [0.25, 0.3) is 0 Å². The normalized spacial score (nSPS) is 10.7. The van der Waals surface area contributed by atoms with Crippen LogP contribution in [0, 0.1) is 30.6 Å². The van der Waals surface area contributed by atoms with Crippen LogP contribution in [0.1, 0.15) is 83.6 Å². The highest BCUT2D eigenvalue weighted by atomic mass is 16.5. The molecule has 0 atom stereocenters. The van der Waals surface area contributed by atoms with Crippen molar-refractivity contribution in [1.29, 1.82) is 0 Å². The van der Waals surface area contributed by atoms with E-state index in [1.807, 2.05) is 85.8 Å². The number of ether oxygens (including phenoxy) is 5. The molecule has 8 nitrogen and oxygen atoms in total. The Morgan fingerprint density at radius 3 is 1.43 bits per heavy atom. The molecule has 0 aliphatic heterocycles. The lowest BCUT2D eigenvalue weighted by molar-refractivity contribution is 0.0521. The number of aliphatic hydroxyl groups is 2. The molecule has 0 heterocycles. The van der Waals surface area contributed by atoms with Crippen LogP contribution in [-0.2, 0) is 4.74 Å².